The van der Waals surface area contributed by atoms with Crippen LogP contribution in [0.15, 0.2) is 30.3 Å². The van der Waals surface area contributed by atoms with Gasteiger partial charge >= 0.3 is 5.97 Å². The molecule has 1 aliphatic heterocycles. The number of piperazine rings is 1. The molecule has 26 heavy (non-hydrogen) atoms. The van der Waals surface area contributed by atoms with Crippen molar-refractivity contribution in [2.24, 2.45) is 11.5 Å². The summed E-state index contributed by atoms with van der Waals surface area (Å²) in [5.41, 5.74) is 11.4. The lowest BCUT2D eigenvalue weighted by Gasteiger charge is -2.45. The lowest BCUT2D eigenvalue weighted by atomic mass is 9.86. The molecule has 1 fully saturated rings. The number of amides is 2. The van der Waals surface area contributed by atoms with Gasteiger partial charge in [0, 0.05) is 45.6 Å². The number of carboxylic acids is 1. The first-order chi connectivity index (χ1) is 12.4. The Labute approximate surface area is 152 Å². The number of aliphatic carboxylic acids is 1. The molecule has 5 N–H and O–H groups in total. The maximum atomic E-state index is 12.3. The quantitative estimate of drug-likeness (QED) is 0.583. The van der Waals surface area contributed by atoms with Crippen LogP contribution in [0.1, 0.15) is 24.8 Å². The molecule has 1 saturated heterocycles. The second kappa shape index (κ2) is 8.77. The number of nitrogens with zero attached hydrogens (tertiary/aromatic N) is 2. The molecule has 0 spiro atoms. The van der Waals surface area contributed by atoms with E-state index in [0.717, 1.165) is 5.56 Å². The molecule has 1 unspecified atom stereocenters. The Bertz CT molecular complexity index is 644. The predicted octanol–water partition coefficient (Wildman–Crippen LogP) is -0.275. The third-order valence-corrected chi connectivity index (χ3v) is 4.91. The van der Waals surface area contributed by atoms with E-state index in [1.54, 1.807) is 4.90 Å². The molecule has 0 aromatic heterocycles. The van der Waals surface area contributed by atoms with Crippen LogP contribution in [0.25, 0.3) is 0 Å². The summed E-state index contributed by atoms with van der Waals surface area (Å²) in [6.07, 6.45) is 0.521. The van der Waals surface area contributed by atoms with Crippen molar-refractivity contribution < 1.29 is 19.5 Å². The molecular weight excluding hydrogens is 336 g/mol. The molecule has 0 aliphatic carbocycles. The van der Waals surface area contributed by atoms with Crippen molar-refractivity contribution in [3.05, 3.63) is 35.9 Å². The van der Waals surface area contributed by atoms with Crippen LogP contribution in [0, 0.1) is 0 Å². The number of carbonyl (C=O) groups is 3. The molecule has 1 aliphatic rings. The number of carbonyl (C=O) groups excluding carboxylic acids is 2. The molecule has 8 nitrogen and oxygen atoms in total. The molecule has 0 radical (unpaired) electrons. The van der Waals surface area contributed by atoms with Crippen molar-refractivity contribution in [3.8, 4) is 0 Å². The van der Waals surface area contributed by atoms with Crippen LogP contribution in [-0.2, 0) is 19.9 Å². The number of benzene rings is 1. The summed E-state index contributed by atoms with van der Waals surface area (Å²) in [6.45, 7) is 1.90. The highest BCUT2D eigenvalue weighted by molar-refractivity contribution is 5.86. The second-order valence-electron chi connectivity index (χ2n) is 6.41. The molecule has 2 rings (SSSR count). The topological polar surface area (TPSA) is 130 Å². The van der Waals surface area contributed by atoms with Crippen molar-refractivity contribution in [2.75, 3.05) is 32.7 Å². The minimum atomic E-state index is -1.10. The van der Waals surface area contributed by atoms with Gasteiger partial charge in [0.15, 0.2) is 0 Å². The van der Waals surface area contributed by atoms with Gasteiger partial charge in [-0.15, -0.1) is 0 Å². The summed E-state index contributed by atoms with van der Waals surface area (Å²) in [7, 11) is 0. The number of hydrogen-bond donors (Lipinski definition) is 3. The van der Waals surface area contributed by atoms with E-state index >= 15 is 0 Å². The first-order valence-corrected chi connectivity index (χ1v) is 8.72. The summed E-state index contributed by atoms with van der Waals surface area (Å²) in [6, 6.07) is 9.21. The van der Waals surface area contributed by atoms with Gasteiger partial charge in [-0.1, -0.05) is 30.3 Å². The van der Waals surface area contributed by atoms with E-state index in [1.165, 1.54) is 0 Å². The molecule has 1 aromatic carbocycles. The average molecular weight is 362 g/mol. The Morgan fingerprint density at radius 2 is 1.65 bits per heavy atom. The maximum absolute atomic E-state index is 12.3. The van der Waals surface area contributed by atoms with Crippen LogP contribution >= 0.6 is 0 Å². The van der Waals surface area contributed by atoms with Crippen LogP contribution < -0.4 is 11.5 Å². The zero-order chi connectivity index (χ0) is 19.2. The Morgan fingerprint density at radius 1 is 1.04 bits per heavy atom. The van der Waals surface area contributed by atoms with Gasteiger partial charge in [0.05, 0.1) is 0 Å². The minimum absolute atomic E-state index is 0.0162. The third-order valence-electron chi connectivity index (χ3n) is 4.91. The van der Waals surface area contributed by atoms with E-state index in [0.29, 0.717) is 32.6 Å². The largest absolute Gasteiger partial charge is 0.481 e. The predicted molar refractivity (Wildman–Crippen MR) is 96.0 cm³/mol. The number of primary amides is 1. The average Bonchev–Trinajstić information content (AvgIpc) is 2.63. The van der Waals surface area contributed by atoms with Crippen molar-refractivity contribution in [3.63, 3.8) is 0 Å². The van der Waals surface area contributed by atoms with E-state index in [9.17, 15) is 14.4 Å². The molecule has 1 aromatic rings. The summed E-state index contributed by atoms with van der Waals surface area (Å²) >= 11 is 0. The molecule has 1 heterocycles. The standard InChI is InChI=1S/C18H26N4O4/c19-13-18(17(20)26,14-5-2-1-3-6-14)22-11-9-21(10-12-22)15(23)7-4-8-16(24)25/h1-3,5-6H,4,7-13,19H2,(H2,20,26)(H,24,25). The Morgan fingerprint density at radius 3 is 2.15 bits per heavy atom. The van der Waals surface area contributed by atoms with E-state index in [2.05, 4.69) is 0 Å². The zero-order valence-corrected chi connectivity index (χ0v) is 14.8. The maximum Gasteiger partial charge on any atom is 0.303 e. The monoisotopic (exact) mass is 362 g/mol. The molecule has 142 valence electrons. The van der Waals surface area contributed by atoms with Gasteiger partial charge in [-0.3, -0.25) is 19.3 Å². The smallest absolute Gasteiger partial charge is 0.303 e. The second-order valence-corrected chi connectivity index (χ2v) is 6.41. The Hall–Kier alpha value is -2.45. The lowest BCUT2D eigenvalue weighted by molar-refractivity contribution is -0.138. The van der Waals surface area contributed by atoms with E-state index < -0.39 is 17.4 Å². The Kier molecular flexibility index (Phi) is 6.70. The molecular formula is C18H26N4O4. The fraction of sp³-hybridized carbons (Fsp3) is 0.500. The van der Waals surface area contributed by atoms with Gasteiger partial charge < -0.3 is 21.5 Å². The zero-order valence-electron chi connectivity index (χ0n) is 14.8. The van der Waals surface area contributed by atoms with Crippen LogP contribution in [0.2, 0.25) is 0 Å². The van der Waals surface area contributed by atoms with Crippen molar-refractivity contribution in [2.45, 2.75) is 24.8 Å². The summed E-state index contributed by atoms with van der Waals surface area (Å²) in [5, 5.41) is 8.66. The van der Waals surface area contributed by atoms with Gasteiger partial charge in [-0.25, -0.2) is 0 Å². The molecule has 1 atom stereocenters. The first kappa shape index (κ1) is 19.9. The third kappa shape index (κ3) is 4.20. The first-order valence-electron chi connectivity index (χ1n) is 8.72. The van der Waals surface area contributed by atoms with E-state index in [1.807, 2.05) is 35.2 Å². The van der Waals surface area contributed by atoms with Crippen LogP contribution in [0.3, 0.4) is 0 Å². The highest BCUT2D eigenvalue weighted by Gasteiger charge is 2.44. The number of nitrogens with two attached hydrogens (primary N) is 2. The summed E-state index contributed by atoms with van der Waals surface area (Å²) in [4.78, 5) is 38.7. The Balaban J connectivity index is 2.05. The van der Waals surface area contributed by atoms with Gasteiger partial charge in [0.1, 0.15) is 5.54 Å². The van der Waals surface area contributed by atoms with Crippen molar-refractivity contribution >= 4 is 17.8 Å². The van der Waals surface area contributed by atoms with Gasteiger partial charge in [0.25, 0.3) is 0 Å². The SMILES string of the molecule is NCC(C(N)=O)(c1ccccc1)N1CCN(C(=O)CCCC(=O)O)CC1. The van der Waals surface area contributed by atoms with Crippen LogP contribution in [0.5, 0.6) is 0 Å². The number of rotatable bonds is 8. The van der Waals surface area contributed by atoms with Gasteiger partial charge in [0.2, 0.25) is 11.8 Å². The van der Waals surface area contributed by atoms with Crippen molar-refractivity contribution in [1.82, 2.24) is 9.80 Å². The van der Waals surface area contributed by atoms with E-state index in [4.69, 9.17) is 16.6 Å². The van der Waals surface area contributed by atoms with Crippen molar-refractivity contribution in [1.29, 1.82) is 0 Å². The number of carboxylic acid groups (broad SMARTS) is 1. The molecule has 8 heteroatoms. The van der Waals surface area contributed by atoms with Gasteiger partial charge in [-0.05, 0) is 12.0 Å². The molecule has 0 bridgehead atoms. The number of hydrogen-bond acceptors (Lipinski definition) is 5. The molecule has 2 amide bonds. The highest BCUT2D eigenvalue weighted by Crippen LogP contribution is 2.29. The van der Waals surface area contributed by atoms with Gasteiger partial charge in [-0.2, -0.15) is 0 Å². The fourth-order valence-corrected chi connectivity index (χ4v) is 3.43. The van der Waals surface area contributed by atoms with E-state index in [-0.39, 0.29) is 25.3 Å². The normalized spacial score (nSPS) is 17.5. The fourth-order valence-electron chi connectivity index (χ4n) is 3.43. The highest BCUT2D eigenvalue weighted by atomic mass is 16.4. The van der Waals surface area contributed by atoms with Crippen LogP contribution in [-0.4, -0.2) is 65.4 Å². The summed E-state index contributed by atoms with van der Waals surface area (Å²) < 4.78 is 0. The lowest BCUT2D eigenvalue weighted by Crippen LogP contribution is -2.64. The summed E-state index contributed by atoms with van der Waals surface area (Å²) in [5.74, 6) is -1.48. The molecule has 0 saturated carbocycles. The minimum Gasteiger partial charge on any atom is -0.481 e. The van der Waals surface area contributed by atoms with Crippen LogP contribution in [0.4, 0.5) is 0 Å².